The number of aromatic nitrogens is 2. The van der Waals surface area contributed by atoms with Gasteiger partial charge in [-0.25, -0.2) is 4.98 Å². The van der Waals surface area contributed by atoms with E-state index in [0.717, 1.165) is 30.5 Å². The van der Waals surface area contributed by atoms with Gasteiger partial charge in [-0.3, -0.25) is 9.59 Å². The van der Waals surface area contributed by atoms with Crippen LogP contribution in [0.4, 0.5) is 5.82 Å². The molecule has 0 fully saturated rings. The number of amides is 1. The number of H-pyrrole nitrogens is 1. The summed E-state index contributed by atoms with van der Waals surface area (Å²) in [5.41, 5.74) is 2.26. The second-order valence-corrected chi connectivity index (χ2v) is 6.14. The van der Waals surface area contributed by atoms with Gasteiger partial charge in [0.15, 0.2) is 0 Å². The Balaban J connectivity index is 1.65. The van der Waals surface area contributed by atoms with Crippen LogP contribution in [0.5, 0.6) is 0 Å². The molecule has 0 unspecified atom stereocenters. The van der Waals surface area contributed by atoms with Crippen molar-refractivity contribution in [2.45, 2.75) is 25.3 Å². The molecule has 0 spiro atoms. The van der Waals surface area contributed by atoms with Gasteiger partial charge in [0.05, 0.1) is 18.2 Å². The number of likely N-dealkylation sites (N-methyl/N-ethyl adjacent to an activating group) is 1. The van der Waals surface area contributed by atoms with E-state index in [1.807, 2.05) is 6.07 Å². The lowest BCUT2D eigenvalue weighted by Gasteiger charge is -2.27. The average Bonchev–Trinajstić information content (AvgIpc) is 2.61. The van der Waals surface area contributed by atoms with E-state index in [0.29, 0.717) is 11.4 Å². The number of pyridine rings is 2. The Morgan fingerprint density at radius 3 is 3.00 bits per heavy atom. The molecular formula is C18H19N5O2. The molecule has 1 atom stereocenters. The Morgan fingerprint density at radius 1 is 1.44 bits per heavy atom. The summed E-state index contributed by atoms with van der Waals surface area (Å²) in [4.78, 5) is 32.6. The fourth-order valence-corrected chi connectivity index (χ4v) is 3.06. The third kappa shape index (κ3) is 3.86. The van der Waals surface area contributed by atoms with E-state index in [2.05, 4.69) is 15.3 Å². The molecule has 0 aliphatic heterocycles. The van der Waals surface area contributed by atoms with Gasteiger partial charge >= 0.3 is 0 Å². The summed E-state index contributed by atoms with van der Waals surface area (Å²) < 4.78 is 0. The third-order valence-corrected chi connectivity index (χ3v) is 4.32. The van der Waals surface area contributed by atoms with E-state index in [9.17, 15) is 9.59 Å². The fraction of sp³-hybridized carbons (Fsp3) is 0.333. The van der Waals surface area contributed by atoms with E-state index in [1.165, 1.54) is 12.3 Å². The lowest BCUT2D eigenvalue weighted by molar-refractivity contribution is -0.120. The van der Waals surface area contributed by atoms with Crippen molar-refractivity contribution < 1.29 is 4.79 Å². The van der Waals surface area contributed by atoms with E-state index in [4.69, 9.17) is 5.26 Å². The highest BCUT2D eigenvalue weighted by Crippen LogP contribution is 2.27. The summed E-state index contributed by atoms with van der Waals surface area (Å²) in [7, 11) is 1.78. The third-order valence-electron chi connectivity index (χ3n) is 4.32. The highest BCUT2D eigenvalue weighted by atomic mass is 16.2. The maximum Gasteiger partial charge on any atom is 0.248 e. The molecule has 0 saturated carbocycles. The highest BCUT2D eigenvalue weighted by molar-refractivity contribution is 5.81. The van der Waals surface area contributed by atoms with Crippen LogP contribution in [0.25, 0.3) is 0 Å². The number of carbonyl (C=O) groups excluding carboxylic acids is 1. The quantitative estimate of drug-likeness (QED) is 0.875. The van der Waals surface area contributed by atoms with Crippen LogP contribution in [-0.4, -0.2) is 29.5 Å². The van der Waals surface area contributed by atoms with Crippen LogP contribution in [0.2, 0.25) is 0 Å². The van der Waals surface area contributed by atoms with Crippen molar-refractivity contribution in [2.24, 2.45) is 0 Å². The first-order valence-corrected chi connectivity index (χ1v) is 8.15. The molecule has 3 rings (SSSR count). The van der Waals surface area contributed by atoms with E-state index in [1.54, 1.807) is 30.1 Å². The van der Waals surface area contributed by atoms with Crippen LogP contribution in [0, 0.1) is 11.3 Å². The number of fused-ring (bicyclic) bond motifs is 1. The fourth-order valence-electron chi connectivity index (χ4n) is 3.06. The minimum absolute atomic E-state index is 0.0876. The number of anilines is 1. The lowest BCUT2D eigenvalue weighted by Crippen LogP contribution is -2.39. The number of nitrogens with one attached hydrogen (secondary N) is 2. The molecule has 2 aromatic rings. The van der Waals surface area contributed by atoms with Gasteiger partial charge in [0, 0.05) is 25.0 Å². The van der Waals surface area contributed by atoms with Gasteiger partial charge < -0.3 is 15.2 Å². The van der Waals surface area contributed by atoms with Gasteiger partial charge in [-0.2, -0.15) is 5.26 Å². The molecule has 128 valence electrons. The number of aromatic amines is 1. The monoisotopic (exact) mass is 337 g/mol. The van der Waals surface area contributed by atoms with Crippen LogP contribution < -0.4 is 15.8 Å². The highest BCUT2D eigenvalue weighted by Gasteiger charge is 2.22. The Morgan fingerprint density at radius 2 is 2.28 bits per heavy atom. The zero-order chi connectivity index (χ0) is 17.8. The number of nitrogens with zero attached hydrogens (tertiary/aromatic N) is 3. The Bertz CT molecular complexity index is 866. The number of carbonyl (C=O) groups is 1. The first kappa shape index (κ1) is 16.7. The number of hydrogen-bond donors (Lipinski definition) is 2. The van der Waals surface area contributed by atoms with Gasteiger partial charge in [0.1, 0.15) is 11.9 Å². The lowest BCUT2D eigenvalue weighted by atomic mass is 9.91. The predicted molar refractivity (Wildman–Crippen MR) is 93.1 cm³/mol. The topological polar surface area (TPSA) is 102 Å². The first-order chi connectivity index (χ1) is 12.1. The molecule has 0 saturated heterocycles. The van der Waals surface area contributed by atoms with Crippen molar-refractivity contribution in [3.8, 4) is 6.07 Å². The zero-order valence-electron chi connectivity index (χ0n) is 14.0. The molecular weight excluding hydrogens is 318 g/mol. The molecule has 2 N–H and O–H groups in total. The second kappa shape index (κ2) is 7.18. The Hall–Kier alpha value is -3.14. The molecule has 1 amide bonds. The van der Waals surface area contributed by atoms with Gasteiger partial charge in [-0.05, 0) is 43.0 Å². The SMILES string of the molecule is CN(CC(=O)N[C@H]1CCCc2[nH]c(=O)ccc21)c1ccc(C#N)cn1. The maximum absolute atomic E-state index is 12.4. The number of nitriles is 1. The van der Waals surface area contributed by atoms with Crippen LogP contribution in [0.3, 0.4) is 0 Å². The normalized spacial score (nSPS) is 15.8. The van der Waals surface area contributed by atoms with Crippen molar-refractivity contribution in [1.82, 2.24) is 15.3 Å². The van der Waals surface area contributed by atoms with Crippen molar-refractivity contribution in [2.75, 3.05) is 18.5 Å². The molecule has 1 aliphatic carbocycles. The largest absolute Gasteiger partial charge is 0.350 e. The summed E-state index contributed by atoms with van der Waals surface area (Å²) in [6.07, 6.45) is 4.08. The molecule has 2 aromatic heterocycles. The van der Waals surface area contributed by atoms with Crippen molar-refractivity contribution in [3.63, 3.8) is 0 Å². The summed E-state index contributed by atoms with van der Waals surface area (Å²) in [6, 6.07) is 8.61. The molecule has 7 nitrogen and oxygen atoms in total. The van der Waals surface area contributed by atoms with Crippen molar-refractivity contribution in [1.29, 1.82) is 5.26 Å². The van der Waals surface area contributed by atoms with Crippen LogP contribution in [0.15, 0.2) is 35.3 Å². The van der Waals surface area contributed by atoms with Gasteiger partial charge in [0.25, 0.3) is 0 Å². The van der Waals surface area contributed by atoms with Crippen LogP contribution in [-0.2, 0) is 11.2 Å². The number of aryl methyl sites for hydroxylation is 1. The summed E-state index contributed by atoms with van der Waals surface area (Å²) >= 11 is 0. The van der Waals surface area contributed by atoms with Crippen molar-refractivity contribution >= 4 is 11.7 Å². The molecule has 25 heavy (non-hydrogen) atoms. The molecule has 2 heterocycles. The van der Waals surface area contributed by atoms with E-state index in [-0.39, 0.29) is 24.1 Å². The summed E-state index contributed by atoms with van der Waals surface area (Å²) in [5.74, 6) is 0.514. The molecule has 1 aliphatic rings. The second-order valence-electron chi connectivity index (χ2n) is 6.14. The molecule has 7 heteroatoms. The number of hydrogen-bond acceptors (Lipinski definition) is 5. The van der Waals surface area contributed by atoms with Gasteiger partial charge in [-0.1, -0.05) is 0 Å². The minimum atomic E-state index is -0.114. The molecule has 0 aromatic carbocycles. The zero-order valence-corrected chi connectivity index (χ0v) is 14.0. The van der Waals surface area contributed by atoms with Crippen LogP contribution in [0.1, 0.15) is 35.7 Å². The predicted octanol–water partition coefficient (Wildman–Crippen LogP) is 1.27. The summed E-state index contributed by atoms with van der Waals surface area (Å²) in [5, 5.41) is 11.8. The smallest absolute Gasteiger partial charge is 0.248 e. The van der Waals surface area contributed by atoms with Gasteiger partial charge in [-0.15, -0.1) is 0 Å². The Kier molecular flexibility index (Phi) is 4.80. The maximum atomic E-state index is 12.4. The average molecular weight is 337 g/mol. The van der Waals surface area contributed by atoms with E-state index >= 15 is 0 Å². The summed E-state index contributed by atoms with van der Waals surface area (Å²) in [6.45, 7) is 0.161. The van der Waals surface area contributed by atoms with E-state index < -0.39 is 0 Å². The molecule has 0 radical (unpaired) electrons. The van der Waals surface area contributed by atoms with Crippen molar-refractivity contribution in [3.05, 3.63) is 57.6 Å². The van der Waals surface area contributed by atoms with Gasteiger partial charge in [0.2, 0.25) is 11.5 Å². The standard InChI is InChI=1S/C18H19N5O2/c1-23(16-7-5-12(9-19)10-20-16)11-18(25)22-15-4-2-3-14-13(15)6-8-17(24)21-14/h5-8,10,15H,2-4,11H2,1H3,(H,21,24)(H,22,25)/t15-/m0/s1. The molecule has 0 bridgehead atoms. The minimum Gasteiger partial charge on any atom is -0.350 e. The Labute approximate surface area is 145 Å². The first-order valence-electron chi connectivity index (χ1n) is 8.15. The van der Waals surface area contributed by atoms with Crippen LogP contribution >= 0.6 is 0 Å². The number of rotatable bonds is 4.